The zero-order chi connectivity index (χ0) is 14.5. The molecule has 2 rings (SSSR count). The van der Waals surface area contributed by atoms with Crippen molar-refractivity contribution in [3.8, 4) is 0 Å². The number of nitrogens with two attached hydrogens (primary N) is 1. The van der Waals surface area contributed by atoms with E-state index in [1.807, 2.05) is 4.90 Å². The number of nitrogens with zero attached hydrogens (tertiary/aromatic N) is 1. The second-order valence-electron chi connectivity index (χ2n) is 6.26. The Morgan fingerprint density at radius 2 is 1.80 bits per heavy atom. The predicted octanol–water partition coefficient (Wildman–Crippen LogP) is 1.75. The molecule has 20 heavy (non-hydrogen) atoms. The zero-order valence-electron chi connectivity index (χ0n) is 12.1. The van der Waals surface area contributed by atoms with Gasteiger partial charge >= 0.3 is 5.97 Å². The van der Waals surface area contributed by atoms with Crippen molar-refractivity contribution >= 4 is 11.9 Å². The Labute approximate surface area is 120 Å². The van der Waals surface area contributed by atoms with Gasteiger partial charge in [-0.3, -0.25) is 9.59 Å². The number of carboxylic acid groups (broad SMARTS) is 1. The smallest absolute Gasteiger partial charge is 0.303 e. The second-order valence-corrected chi connectivity index (χ2v) is 6.26. The highest BCUT2D eigenvalue weighted by molar-refractivity contribution is 5.82. The zero-order valence-corrected chi connectivity index (χ0v) is 12.1. The molecule has 1 atom stereocenters. The fourth-order valence-corrected chi connectivity index (χ4v) is 3.07. The molecule has 2 aliphatic rings. The molecule has 0 heterocycles. The van der Waals surface area contributed by atoms with Gasteiger partial charge in [0.2, 0.25) is 5.91 Å². The summed E-state index contributed by atoms with van der Waals surface area (Å²) in [5.74, 6) is -0.321. The quantitative estimate of drug-likeness (QED) is 0.745. The van der Waals surface area contributed by atoms with Gasteiger partial charge in [0.15, 0.2) is 0 Å². The molecule has 0 bridgehead atoms. The van der Waals surface area contributed by atoms with E-state index in [2.05, 4.69) is 0 Å². The Kier molecular flexibility index (Phi) is 5.40. The third kappa shape index (κ3) is 4.47. The monoisotopic (exact) mass is 282 g/mol. The minimum Gasteiger partial charge on any atom is -0.481 e. The summed E-state index contributed by atoms with van der Waals surface area (Å²) >= 11 is 0. The van der Waals surface area contributed by atoms with Crippen LogP contribution in [0.3, 0.4) is 0 Å². The summed E-state index contributed by atoms with van der Waals surface area (Å²) in [6, 6.07) is -0.296. The maximum atomic E-state index is 12.4. The largest absolute Gasteiger partial charge is 0.481 e. The van der Waals surface area contributed by atoms with E-state index in [0.717, 1.165) is 19.4 Å². The average Bonchev–Trinajstić information content (AvgIpc) is 3.27. The van der Waals surface area contributed by atoms with E-state index in [1.54, 1.807) is 0 Å². The Morgan fingerprint density at radius 1 is 1.15 bits per heavy atom. The lowest BCUT2D eigenvalue weighted by atomic mass is 9.88. The molecule has 3 N–H and O–H groups in total. The van der Waals surface area contributed by atoms with Crippen molar-refractivity contribution in [3.05, 3.63) is 0 Å². The molecule has 114 valence electrons. The van der Waals surface area contributed by atoms with Gasteiger partial charge in [0.05, 0.1) is 6.04 Å². The highest BCUT2D eigenvalue weighted by Gasteiger charge is 2.36. The van der Waals surface area contributed by atoms with Crippen LogP contribution in [-0.2, 0) is 9.59 Å². The fraction of sp³-hybridized carbons (Fsp3) is 0.867. The topological polar surface area (TPSA) is 83.6 Å². The lowest BCUT2D eigenvalue weighted by Crippen LogP contribution is -2.47. The van der Waals surface area contributed by atoms with Crippen LogP contribution in [0.15, 0.2) is 0 Å². The second kappa shape index (κ2) is 7.07. The van der Waals surface area contributed by atoms with Crippen molar-refractivity contribution < 1.29 is 14.7 Å². The maximum Gasteiger partial charge on any atom is 0.303 e. The summed E-state index contributed by atoms with van der Waals surface area (Å²) < 4.78 is 0. The summed E-state index contributed by atoms with van der Waals surface area (Å²) in [6.45, 7) is 0.824. The van der Waals surface area contributed by atoms with Crippen LogP contribution in [0.2, 0.25) is 0 Å². The molecule has 0 saturated heterocycles. The van der Waals surface area contributed by atoms with Crippen molar-refractivity contribution in [1.82, 2.24) is 4.90 Å². The third-order valence-corrected chi connectivity index (χ3v) is 4.44. The highest BCUT2D eigenvalue weighted by atomic mass is 16.4. The minimum atomic E-state index is -0.890. The van der Waals surface area contributed by atoms with Crippen LogP contribution in [0.25, 0.3) is 0 Å². The van der Waals surface area contributed by atoms with E-state index in [-0.39, 0.29) is 18.7 Å². The molecule has 5 heteroatoms. The molecule has 2 saturated carbocycles. The van der Waals surface area contributed by atoms with Gasteiger partial charge in [-0.25, -0.2) is 0 Å². The molecule has 1 amide bonds. The molecule has 0 radical (unpaired) electrons. The summed E-state index contributed by atoms with van der Waals surface area (Å²) in [5, 5.41) is 8.68. The lowest BCUT2D eigenvalue weighted by molar-refractivity contribution is -0.138. The van der Waals surface area contributed by atoms with Gasteiger partial charge in [-0.15, -0.1) is 0 Å². The molecule has 2 fully saturated rings. The van der Waals surface area contributed by atoms with Gasteiger partial charge in [-0.2, -0.15) is 0 Å². The summed E-state index contributed by atoms with van der Waals surface area (Å²) in [7, 11) is 0. The number of hydrogen-bond donors (Lipinski definition) is 2. The van der Waals surface area contributed by atoms with Crippen molar-refractivity contribution in [2.75, 3.05) is 6.54 Å². The predicted molar refractivity (Wildman–Crippen MR) is 76.2 cm³/mol. The first kappa shape index (κ1) is 15.3. The van der Waals surface area contributed by atoms with E-state index in [9.17, 15) is 9.59 Å². The average molecular weight is 282 g/mol. The van der Waals surface area contributed by atoms with E-state index >= 15 is 0 Å². The van der Waals surface area contributed by atoms with E-state index in [0.29, 0.717) is 12.0 Å². The van der Waals surface area contributed by atoms with Gasteiger partial charge in [-0.05, 0) is 38.0 Å². The van der Waals surface area contributed by atoms with Gasteiger partial charge < -0.3 is 15.7 Å². The third-order valence-electron chi connectivity index (χ3n) is 4.44. The summed E-state index contributed by atoms with van der Waals surface area (Å²) in [4.78, 5) is 24.9. The number of amides is 1. The minimum absolute atomic E-state index is 0.0329. The molecule has 5 nitrogen and oxygen atoms in total. The number of carboxylic acids is 1. The van der Waals surface area contributed by atoms with Crippen LogP contribution in [0.1, 0.15) is 57.8 Å². The highest BCUT2D eigenvalue weighted by Crippen LogP contribution is 2.31. The van der Waals surface area contributed by atoms with Gasteiger partial charge in [0.25, 0.3) is 0 Å². The van der Waals surface area contributed by atoms with Crippen LogP contribution in [0, 0.1) is 5.92 Å². The summed E-state index contributed by atoms with van der Waals surface area (Å²) in [5.41, 5.74) is 5.88. The number of hydrogen-bond acceptors (Lipinski definition) is 3. The molecule has 0 spiro atoms. The molecule has 0 aromatic heterocycles. The molecular weight excluding hydrogens is 256 g/mol. The molecular formula is C15H26N2O3. The van der Waals surface area contributed by atoms with Crippen LogP contribution >= 0.6 is 0 Å². The van der Waals surface area contributed by atoms with E-state index in [4.69, 9.17) is 10.8 Å². The molecule has 1 unspecified atom stereocenters. The first-order valence-electron chi connectivity index (χ1n) is 7.85. The SMILES string of the molecule is NC(CCC(=O)O)C(=O)N(CC1CCCCC1)C1CC1. The Bertz CT molecular complexity index is 349. The molecule has 0 aromatic carbocycles. The number of rotatable bonds is 7. The van der Waals surface area contributed by atoms with Gasteiger partial charge in [0.1, 0.15) is 0 Å². The molecule has 0 aromatic rings. The first-order chi connectivity index (χ1) is 9.58. The molecule has 0 aliphatic heterocycles. The number of aliphatic carboxylic acids is 1. The van der Waals surface area contributed by atoms with Crippen LogP contribution < -0.4 is 5.73 Å². The standard InChI is InChI=1S/C15H26N2O3/c16-13(8-9-14(18)19)15(20)17(12-6-7-12)10-11-4-2-1-3-5-11/h11-13H,1-10,16H2,(H,18,19). The fourth-order valence-electron chi connectivity index (χ4n) is 3.07. The summed E-state index contributed by atoms with van der Waals surface area (Å²) in [6.07, 6.45) is 8.61. The van der Waals surface area contributed by atoms with Crippen LogP contribution in [0.5, 0.6) is 0 Å². The van der Waals surface area contributed by atoms with E-state index in [1.165, 1.54) is 32.1 Å². The Morgan fingerprint density at radius 3 is 2.35 bits per heavy atom. The Hall–Kier alpha value is -1.10. The molecule has 2 aliphatic carbocycles. The Balaban J connectivity index is 1.86. The van der Waals surface area contributed by atoms with Crippen molar-refractivity contribution in [1.29, 1.82) is 0 Å². The first-order valence-corrected chi connectivity index (χ1v) is 7.85. The maximum absolute atomic E-state index is 12.4. The lowest BCUT2D eigenvalue weighted by Gasteiger charge is -2.31. The van der Waals surface area contributed by atoms with Gasteiger partial charge in [-0.1, -0.05) is 19.3 Å². The van der Waals surface area contributed by atoms with Crippen molar-refractivity contribution in [3.63, 3.8) is 0 Å². The van der Waals surface area contributed by atoms with Crippen molar-refractivity contribution in [2.45, 2.75) is 69.9 Å². The van der Waals surface area contributed by atoms with Crippen LogP contribution in [-0.4, -0.2) is 40.5 Å². The van der Waals surface area contributed by atoms with Gasteiger partial charge in [0, 0.05) is 19.0 Å². The van der Waals surface area contributed by atoms with E-state index < -0.39 is 12.0 Å². The number of carbonyl (C=O) groups excluding carboxylic acids is 1. The number of carbonyl (C=O) groups is 2. The van der Waals surface area contributed by atoms with Crippen LogP contribution in [0.4, 0.5) is 0 Å². The van der Waals surface area contributed by atoms with Crippen molar-refractivity contribution in [2.24, 2.45) is 11.7 Å². The normalized spacial score (nSPS) is 21.4.